The average Bonchev–Trinajstić information content (AvgIpc) is 2.73. The molecule has 1 aliphatic rings. The number of aromatic nitrogens is 2. The molecule has 2 atom stereocenters. The number of hydrogen-bond acceptors (Lipinski definition) is 6. The van der Waals surface area contributed by atoms with Crippen LogP contribution in [0.4, 0.5) is 5.95 Å². The molecule has 0 spiro atoms. The number of carbonyl (C=O) groups is 1. The smallest absolute Gasteiger partial charge is 0.228 e. The zero-order valence-electron chi connectivity index (χ0n) is 15.2. The summed E-state index contributed by atoms with van der Waals surface area (Å²) < 4.78 is 5.15. The van der Waals surface area contributed by atoms with Crippen molar-refractivity contribution in [1.29, 1.82) is 0 Å². The third-order valence-corrected chi connectivity index (χ3v) is 4.81. The zero-order chi connectivity index (χ0) is 18.5. The second kappa shape index (κ2) is 8.14. The third kappa shape index (κ3) is 3.94. The fourth-order valence-corrected chi connectivity index (χ4v) is 3.13. The van der Waals surface area contributed by atoms with Crippen molar-refractivity contribution in [2.75, 3.05) is 38.2 Å². The van der Waals surface area contributed by atoms with Crippen molar-refractivity contribution in [2.24, 2.45) is 11.7 Å². The highest BCUT2D eigenvalue weighted by molar-refractivity contribution is 5.79. The van der Waals surface area contributed by atoms with E-state index in [0.29, 0.717) is 38.0 Å². The van der Waals surface area contributed by atoms with Crippen molar-refractivity contribution in [3.8, 4) is 5.88 Å². The van der Waals surface area contributed by atoms with E-state index in [2.05, 4.69) is 14.9 Å². The van der Waals surface area contributed by atoms with Gasteiger partial charge >= 0.3 is 0 Å². The molecule has 1 fully saturated rings. The number of amides is 1. The molecule has 138 valence electrons. The standard InChI is InChI=1S/C19H25N5O2/c1-14(17(20)15-6-4-3-5-7-15)18(25)23-10-12-24(13-11-23)19-21-9-8-16(22-19)26-2/h3-9,14,17H,10-13,20H2,1-2H3. The van der Waals surface area contributed by atoms with Crippen LogP contribution in [0.25, 0.3) is 0 Å². The Hall–Kier alpha value is -2.67. The average molecular weight is 355 g/mol. The summed E-state index contributed by atoms with van der Waals surface area (Å²) in [6.45, 7) is 4.53. The minimum atomic E-state index is -0.302. The predicted octanol–water partition coefficient (Wildman–Crippen LogP) is 1.47. The molecule has 0 aliphatic carbocycles. The van der Waals surface area contributed by atoms with Crippen LogP contribution in [0.15, 0.2) is 42.6 Å². The van der Waals surface area contributed by atoms with Crippen molar-refractivity contribution in [3.63, 3.8) is 0 Å². The number of anilines is 1. The summed E-state index contributed by atoms with van der Waals surface area (Å²) in [5.74, 6) is 0.992. The zero-order valence-corrected chi connectivity index (χ0v) is 15.2. The van der Waals surface area contributed by atoms with E-state index in [1.807, 2.05) is 42.2 Å². The molecule has 26 heavy (non-hydrogen) atoms. The first-order valence-corrected chi connectivity index (χ1v) is 8.81. The van der Waals surface area contributed by atoms with Crippen LogP contribution in [0.1, 0.15) is 18.5 Å². The molecule has 2 heterocycles. The molecular weight excluding hydrogens is 330 g/mol. The maximum atomic E-state index is 12.8. The van der Waals surface area contributed by atoms with Crippen molar-refractivity contribution in [1.82, 2.24) is 14.9 Å². The second-order valence-electron chi connectivity index (χ2n) is 6.44. The predicted molar refractivity (Wildman–Crippen MR) is 99.9 cm³/mol. The lowest BCUT2D eigenvalue weighted by Gasteiger charge is -2.36. The van der Waals surface area contributed by atoms with Gasteiger partial charge < -0.3 is 20.3 Å². The number of hydrogen-bond donors (Lipinski definition) is 1. The molecule has 1 aromatic carbocycles. The molecule has 7 heteroatoms. The van der Waals surface area contributed by atoms with Gasteiger partial charge in [-0.1, -0.05) is 37.3 Å². The van der Waals surface area contributed by atoms with Gasteiger partial charge in [-0.25, -0.2) is 4.98 Å². The Morgan fingerprint density at radius 1 is 1.15 bits per heavy atom. The summed E-state index contributed by atoms with van der Waals surface area (Å²) in [5.41, 5.74) is 7.29. The maximum absolute atomic E-state index is 12.8. The van der Waals surface area contributed by atoms with Gasteiger partial charge in [0.05, 0.1) is 13.0 Å². The molecule has 1 aliphatic heterocycles. The molecular formula is C19H25N5O2. The van der Waals surface area contributed by atoms with Crippen LogP contribution in [-0.2, 0) is 4.79 Å². The summed E-state index contributed by atoms with van der Waals surface area (Å²) in [5, 5.41) is 0. The Bertz CT molecular complexity index is 732. The van der Waals surface area contributed by atoms with E-state index in [1.54, 1.807) is 19.4 Å². The summed E-state index contributed by atoms with van der Waals surface area (Å²) >= 11 is 0. The first kappa shape index (κ1) is 18.1. The molecule has 2 aromatic rings. The number of carbonyl (C=O) groups excluding carboxylic acids is 1. The Balaban J connectivity index is 1.59. The van der Waals surface area contributed by atoms with Gasteiger partial charge in [0.15, 0.2) is 0 Å². The molecule has 0 bridgehead atoms. The number of benzene rings is 1. The summed E-state index contributed by atoms with van der Waals surface area (Å²) in [4.78, 5) is 25.4. The molecule has 0 radical (unpaired) electrons. The van der Waals surface area contributed by atoms with E-state index < -0.39 is 0 Å². The SMILES string of the molecule is COc1ccnc(N2CCN(C(=O)C(C)C(N)c3ccccc3)CC2)n1. The van der Waals surface area contributed by atoms with E-state index in [1.165, 1.54) is 0 Å². The van der Waals surface area contributed by atoms with Crippen molar-refractivity contribution in [2.45, 2.75) is 13.0 Å². The monoisotopic (exact) mass is 355 g/mol. The van der Waals surface area contributed by atoms with E-state index >= 15 is 0 Å². The summed E-state index contributed by atoms with van der Waals surface area (Å²) in [6.07, 6.45) is 1.68. The number of rotatable bonds is 5. The second-order valence-corrected chi connectivity index (χ2v) is 6.44. The lowest BCUT2D eigenvalue weighted by molar-refractivity contribution is -0.136. The molecule has 2 N–H and O–H groups in total. The summed E-state index contributed by atoms with van der Waals surface area (Å²) in [6, 6.07) is 11.2. The van der Waals surface area contributed by atoms with Crippen LogP contribution in [0.5, 0.6) is 5.88 Å². The fraction of sp³-hybridized carbons (Fsp3) is 0.421. The topological polar surface area (TPSA) is 84.6 Å². The normalized spacial score (nSPS) is 16.9. The molecule has 1 amide bonds. The first-order chi connectivity index (χ1) is 12.6. The molecule has 7 nitrogen and oxygen atoms in total. The Morgan fingerprint density at radius 3 is 2.50 bits per heavy atom. The highest BCUT2D eigenvalue weighted by atomic mass is 16.5. The van der Waals surface area contributed by atoms with E-state index in [9.17, 15) is 4.79 Å². The van der Waals surface area contributed by atoms with Gasteiger partial charge in [-0.2, -0.15) is 4.98 Å². The lowest BCUT2D eigenvalue weighted by atomic mass is 9.94. The molecule has 0 saturated carbocycles. The molecule has 1 saturated heterocycles. The van der Waals surface area contributed by atoms with E-state index in [4.69, 9.17) is 10.5 Å². The highest BCUT2D eigenvalue weighted by Gasteiger charge is 2.29. The molecule has 1 aromatic heterocycles. The van der Waals surface area contributed by atoms with Crippen molar-refractivity contribution in [3.05, 3.63) is 48.2 Å². The largest absolute Gasteiger partial charge is 0.481 e. The van der Waals surface area contributed by atoms with Crippen molar-refractivity contribution < 1.29 is 9.53 Å². The van der Waals surface area contributed by atoms with Gasteiger partial charge in [0.25, 0.3) is 0 Å². The minimum absolute atomic E-state index is 0.0903. The maximum Gasteiger partial charge on any atom is 0.228 e. The number of ether oxygens (including phenoxy) is 1. The number of nitrogens with two attached hydrogens (primary N) is 1. The fourth-order valence-electron chi connectivity index (χ4n) is 3.13. The van der Waals surface area contributed by atoms with Crippen molar-refractivity contribution >= 4 is 11.9 Å². The summed E-state index contributed by atoms with van der Waals surface area (Å²) in [7, 11) is 1.58. The van der Waals surface area contributed by atoms with Gasteiger partial charge in [-0.3, -0.25) is 4.79 Å². The first-order valence-electron chi connectivity index (χ1n) is 8.81. The number of piperazine rings is 1. The van der Waals surface area contributed by atoms with Crippen LogP contribution in [-0.4, -0.2) is 54.1 Å². The van der Waals surface area contributed by atoms with Gasteiger partial charge in [-0.15, -0.1) is 0 Å². The van der Waals surface area contributed by atoms with E-state index in [0.717, 1.165) is 5.56 Å². The Morgan fingerprint density at radius 2 is 1.85 bits per heavy atom. The van der Waals surface area contributed by atoms with Crippen LogP contribution >= 0.6 is 0 Å². The lowest BCUT2D eigenvalue weighted by Crippen LogP contribution is -2.51. The Kier molecular flexibility index (Phi) is 5.68. The van der Waals surface area contributed by atoms with Gasteiger partial charge in [0.1, 0.15) is 0 Å². The van der Waals surface area contributed by atoms with Crippen LogP contribution in [0.2, 0.25) is 0 Å². The van der Waals surface area contributed by atoms with Crippen LogP contribution < -0.4 is 15.4 Å². The molecule has 3 rings (SSSR count). The molecule has 2 unspecified atom stereocenters. The van der Waals surface area contributed by atoms with Gasteiger partial charge in [-0.05, 0) is 5.56 Å². The highest BCUT2D eigenvalue weighted by Crippen LogP contribution is 2.22. The Labute approximate surface area is 153 Å². The van der Waals surface area contributed by atoms with Gasteiger partial charge in [0.2, 0.25) is 17.7 Å². The third-order valence-electron chi connectivity index (χ3n) is 4.81. The van der Waals surface area contributed by atoms with Gasteiger partial charge in [0, 0.05) is 44.5 Å². The number of nitrogens with zero attached hydrogens (tertiary/aromatic N) is 4. The quantitative estimate of drug-likeness (QED) is 0.874. The van der Waals surface area contributed by atoms with E-state index in [-0.39, 0.29) is 17.9 Å². The van der Waals surface area contributed by atoms with Crippen LogP contribution in [0.3, 0.4) is 0 Å². The minimum Gasteiger partial charge on any atom is -0.481 e. The van der Waals surface area contributed by atoms with Crippen LogP contribution in [0, 0.1) is 5.92 Å². The number of methoxy groups -OCH3 is 1.